The van der Waals surface area contributed by atoms with Crippen molar-refractivity contribution in [1.29, 1.82) is 0 Å². The van der Waals surface area contributed by atoms with Crippen molar-refractivity contribution in [2.45, 2.75) is 66.3 Å². The number of esters is 1. The van der Waals surface area contributed by atoms with Crippen LogP contribution in [0.5, 0.6) is 0 Å². The van der Waals surface area contributed by atoms with E-state index in [1.807, 2.05) is 6.92 Å². The number of nitrogens with one attached hydrogen (secondary N) is 3. The zero-order chi connectivity index (χ0) is 25.3. The molecular formula is C23H32N6O5. The molecule has 0 saturated heterocycles. The highest BCUT2D eigenvalue weighted by molar-refractivity contribution is 5.98. The number of rotatable bonds is 11. The van der Waals surface area contributed by atoms with Crippen molar-refractivity contribution >= 4 is 29.4 Å². The van der Waals surface area contributed by atoms with Gasteiger partial charge >= 0.3 is 5.97 Å². The molecule has 3 amide bonds. The molecule has 2 aromatic rings. The van der Waals surface area contributed by atoms with Gasteiger partial charge in [-0.05, 0) is 37.5 Å². The van der Waals surface area contributed by atoms with Crippen molar-refractivity contribution in [1.82, 2.24) is 25.6 Å². The first-order chi connectivity index (χ1) is 16.1. The minimum Gasteiger partial charge on any atom is -0.461 e. The highest BCUT2D eigenvalue weighted by atomic mass is 16.5. The minimum atomic E-state index is -0.837. The second-order valence-electron chi connectivity index (χ2n) is 8.23. The summed E-state index contributed by atoms with van der Waals surface area (Å²) in [6.45, 7) is 9.21. The predicted molar refractivity (Wildman–Crippen MR) is 124 cm³/mol. The van der Waals surface area contributed by atoms with Crippen LogP contribution in [0.4, 0.5) is 5.69 Å². The molecule has 1 aromatic heterocycles. The van der Waals surface area contributed by atoms with Crippen molar-refractivity contribution in [3.63, 3.8) is 0 Å². The summed E-state index contributed by atoms with van der Waals surface area (Å²) in [5, 5.41) is 15.9. The number of aromatic nitrogens is 3. The lowest BCUT2D eigenvalue weighted by molar-refractivity contribution is -0.142. The molecule has 184 valence electrons. The molecule has 34 heavy (non-hydrogen) atoms. The summed E-state index contributed by atoms with van der Waals surface area (Å²) >= 11 is 0. The molecule has 0 aliphatic rings. The molecule has 2 rings (SSSR count). The van der Waals surface area contributed by atoms with Gasteiger partial charge in [0.25, 0.3) is 0 Å². The van der Waals surface area contributed by atoms with Crippen molar-refractivity contribution in [3.8, 4) is 0 Å². The minimum absolute atomic E-state index is 0.00000850. The SMILES string of the molecule is CCn1cc(CC(=O)N[C@H](C(=O)N[C@@H](C)C(=O)Nc2ccc(COC(C)=O)cc2)C(C)C)nn1. The van der Waals surface area contributed by atoms with Gasteiger partial charge in [-0.2, -0.15) is 0 Å². The smallest absolute Gasteiger partial charge is 0.302 e. The Morgan fingerprint density at radius 1 is 1.03 bits per heavy atom. The Hall–Kier alpha value is -3.76. The topological polar surface area (TPSA) is 144 Å². The summed E-state index contributed by atoms with van der Waals surface area (Å²) in [7, 11) is 0. The van der Waals surface area contributed by atoms with Gasteiger partial charge in [0.1, 0.15) is 18.7 Å². The normalized spacial score (nSPS) is 12.5. The molecule has 0 saturated carbocycles. The molecule has 0 aliphatic heterocycles. The Labute approximate surface area is 198 Å². The molecule has 1 aromatic carbocycles. The Morgan fingerprint density at radius 3 is 2.26 bits per heavy atom. The third-order valence-electron chi connectivity index (χ3n) is 4.93. The lowest BCUT2D eigenvalue weighted by Gasteiger charge is -2.23. The molecule has 1 heterocycles. The largest absolute Gasteiger partial charge is 0.461 e. The van der Waals surface area contributed by atoms with E-state index in [0.29, 0.717) is 17.9 Å². The monoisotopic (exact) mass is 472 g/mol. The van der Waals surface area contributed by atoms with E-state index in [1.165, 1.54) is 6.92 Å². The number of carbonyl (C=O) groups excluding carboxylic acids is 4. The molecule has 0 spiro atoms. The number of nitrogens with zero attached hydrogens (tertiary/aromatic N) is 3. The fraction of sp³-hybridized carbons (Fsp3) is 0.478. The Kier molecular flexibility index (Phi) is 9.72. The summed E-state index contributed by atoms with van der Waals surface area (Å²) in [5.41, 5.74) is 1.82. The summed E-state index contributed by atoms with van der Waals surface area (Å²) in [4.78, 5) is 48.6. The van der Waals surface area contributed by atoms with E-state index in [4.69, 9.17) is 4.74 Å². The quantitative estimate of drug-likeness (QED) is 0.417. The molecule has 0 unspecified atom stereocenters. The fourth-order valence-electron chi connectivity index (χ4n) is 2.99. The van der Waals surface area contributed by atoms with E-state index in [1.54, 1.807) is 55.9 Å². The lowest BCUT2D eigenvalue weighted by atomic mass is 10.0. The second kappa shape index (κ2) is 12.5. The van der Waals surface area contributed by atoms with Crippen molar-refractivity contribution < 1.29 is 23.9 Å². The number of anilines is 1. The average Bonchev–Trinajstić information content (AvgIpc) is 3.24. The van der Waals surface area contributed by atoms with Crippen LogP contribution in [0.15, 0.2) is 30.5 Å². The molecule has 11 heteroatoms. The first-order valence-corrected chi connectivity index (χ1v) is 11.1. The standard InChI is InChI=1S/C23H32N6O5/c1-6-29-12-19(27-28-29)11-20(31)26-21(14(2)3)23(33)24-15(4)22(32)25-18-9-7-17(8-10-18)13-34-16(5)30/h7-10,12,14-15,21H,6,11,13H2,1-5H3,(H,24,33)(H,25,32)(H,26,31)/t15-,21-/m0/s1. The molecule has 0 fully saturated rings. The highest BCUT2D eigenvalue weighted by Gasteiger charge is 2.27. The van der Waals surface area contributed by atoms with Gasteiger partial charge in [0.2, 0.25) is 17.7 Å². The van der Waals surface area contributed by atoms with Crippen LogP contribution >= 0.6 is 0 Å². The number of carbonyl (C=O) groups is 4. The Bertz CT molecular complexity index is 1000. The van der Waals surface area contributed by atoms with Crippen molar-refractivity contribution in [2.24, 2.45) is 5.92 Å². The Morgan fingerprint density at radius 2 is 1.71 bits per heavy atom. The molecule has 11 nitrogen and oxygen atoms in total. The first-order valence-electron chi connectivity index (χ1n) is 11.1. The summed E-state index contributed by atoms with van der Waals surface area (Å²) in [6, 6.07) is 5.16. The van der Waals surface area contributed by atoms with Crippen LogP contribution in [0.25, 0.3) is 0 Å². The first kappa shape index (κ1) is 26.5. The highest BCUT2D eigenvalue weighted by Crippen LogP contribution is 2.11. The summed E-state index contributed by atoms with van der Waals surface area (Å²) < 4.78 is 6.54. The zero-order valence-corrected chi connectivity index (χ0v) is 20.1. The van der Waals surface area contributed by atoms with Gasteiger partial charge in [-0.1, -0.05) is 31.2 Å². The maximum atomic E-state index is 12.8. The number of ether oxygens (including phenoxy) is 1. The van der Waals surface area contributed by atoms with Crippen LogP contribution in [0.1, 0.15) is 45.9 Å². The number of benzene rings is 1. The molecular weight excluding hydrogens is 440 g/mol. The fourth-order valence-corrected chi connectivity index (χ4v) is 2.99. The van der Waals surface area contributed by atoms with Gasteiger partial charge in [0.15, 0.2) is 0 Å². The van der Waals surface area contributed by atoms with Crippen molar-refractivity contribution in [2.75, 3.05) is 5.32 Å². The van der Waals surface area contributed by atoms with Gasteiger partial charge in [-0.15, -0.1) is 5.10 Å². The van der Waals surface area contributed by atoms with Gasteiger partial charge in [0.05, 0.1) is 12.1 Å². The average molecular weight is 473 g/mol. The van der Waals surface area contributed by atoms with E-state index in [9.17, 15) is 19.2 Å². The van der Waals surface area contributed by atoms with E-state index < -0.39 is 23.9 Å². The van der Waals surface area contributed by atoms with E-state index in [0.717, 1.165) is 5.56 Å². The van der Waals surface area contributed by atoms with E-state index in [2.05, 4.69) is 26.3 Å². The molecule has 0 bridgehead atoms. The lowest BCUT2D eigenvalue weighted by Crippen LogP contribution is -2.54. The van der Waals surface area contributed by atoms with Gasteiger partial charge < -0.3 is 20.7 Å². The van der Waals surface area contributed by atoms with Gasteiger partial charge in [-0.25, -0.2) is 0 Å². The third kappa shape index (κ3) is 8.30. The third-order valence-corrected chi connectivity index (χ3v) is 4.93. The van der Waals surface area contributed by atoms with Gasteiger partial charge in [0, 0.05) is 25.4 Å². The predicted octanol–water partition coefficient (Wildman–Crippen LogP) is 1.19. The van der Waals surface area contributed by atoms with Crippen LogP contribution in [0.2, 0.25) is 0 Å². The van der Waals surface area contributed by atoms with Crippen molar-refractivity contribution in [3.05, 3.63) is 41.7 Å². The number of hydrogen-bond donors (Lipinski definition) is 3. The maximum Gasteiger partial charge on any atom is 0.302 e. The van der Waals surface area contributed by atoms with Crippen LogP contribution in [0, 0.1) is 5.92 Å². The molecule has 0 radical (unpaired) electrons. The molecule has 2 atom stereocenters. The van der Waals surface area contributed by atoms with E-state index in [-0.39, 0.29) is 30.8 Å². The Balaban J connectivity index is 1.89. The summed E-state index contributed by atoms with van der Waals surface area (Å²) in [5.74, 6) is -1.80. The van der Waals surface area contributed by atoms with Crippen LogP contribution in [0.3, 0.4) is 0 Å². The number of hydrogen-bond acceptors (Lipinski definition) is 7. The molecule has 0 aliphatic carbocycles. The van der Waals surface area contributed by atoms with E-state index >= 15 is 0 Å². The zero-order valence-electron chi connectivity index (χ0n) is 20.1. The van der Waals surface area contributed by atoms with Crippen LogP contribution in [-0.4, -0.2) is 50.8 Å². The van der Waals surface area contributed by atoms with Gasteiger partial charge in [-0.3, -0.25) is 23.9 Å². The van der Waals surface area contributed by atoms with Crippen LogP contribution in [-0.2, 0) is 43.5 Å². The number of aryl methyl sites for hydroxylation is 1. The maximum absolute atomic E-state index is 12.8. The second-order valence-corrected chi connectivity index (χ2v) is 8.23. The number of amides is 3. The summed E-state index contributed by atoms with van der Waals surface area (Å²) in [6.07, 6.45) is 1.68. The molecule has 3 N–H and O–H groups in total. The van der Waals surface area contributed by atoms with Crippen LogP contribution < -0.4 is 16.0 Å².